The molecule has 2 fully saturated rings. The summed E-state index contributed by atoms with van der Waals surface area (Å²) in [6, 6.07) is -0.289. The number of rotatable bonds is 1. The number of fused-ring (bicyclic) bond motifs is 2. The number of morpholine rings is 1. The Morgan fingerprint density at radius 3 is 2.94 bits per heavy atom. The summed E-state index contributed by atoms with van der Waals surface area (Å²) in [5.74, 6) is 0.0154. The number of carbonyl (C=O) groups excluding carboxylic acids is 2. The number of hydrogen-bond acceptors (Lipinski definition) is 3. The van der Waals surface area contributed by atoms with Gasteiger partial charge in [-0.05, 0) is 19.3 Å². The minimum Gasteiger partial charge on any atom is -0.459 e. The van der Waals surface area contributed by atoms with Gasteiger partial charge in [-0.15, -0.1) is 0 Å². The predicted octanol–water partition coefficient (Wildman–Crippen LogP) is 0.869. The Labute approximate surface area is 94.2 Å². The number of likely N-dealkylation sites (tertiary alicyclic amines) is 1. The summed E-state index contributed by atoms with van der Waals surface area (Å²) in [5.41, 5.74) is 0. The Balaban J connectivity index is 1.71. The molecule has 0 aromatic carbocycles. The van der Waals surface area contributed by atoms with Crippen LogP contribution >= 0.6 is 0 Å². The van der Waals surface area contributed by atoms with Crippen LogP contribution in [0.5, 0.6) is 0 Å². The van der Waals surface area contributed by atoms with E-state index in [1.54, 1.807) is 4.90 Å². The van der Waals surface area contributed by atoms with Crippen LogP contribution < -0.4 is 0 Å². The maximum Gasteiger partial charge on any atom is 0.329 e. The fraction of sp³-hybridized carbons (Fsp3) is 0.667. The zero-order valence-electron chi connectivity index (χ0n) is 9.09. The lowest BCUT2D eigenvalue weighted by atomic mass is 9.93. The molecule has 0 N–H and O–H groups in total. The smallest absolute Gasteiger partial charge is 0.329 e. The molecule has 0 unspecified atom stereocenters. The molecule has 2 aliphatic heterocycles. The van der Waals surface area contributed by atoms with Gasteiger partial charge in [0.2, 0.25) is 5.91 Å². The van der Waals surface area contributed by atoms with Gasteiger partial charge < -0.3 is 9.64 Å². The molecule has 2 heterocycles. The number of amides is 1. The van der Waals surface area contributed by atoms with Crippen molar-refractivity contribution in [2.45, 2.75) is 37.8 Å². The maximum atomic E-state index is 12.2. The van der Waals surface area contributed by atoms with Crippen molar-refractivity contribution in [1.29, 1.82) is 0 Å². The first-order valence-corrected chi connectivity index (χ1v) is 5.91. The molecule has 3 atom stereocenters. The quantitative estimate of drug-likeness (QED) is 0.487. The molecule has 0 radical (unpaired) electrons. The summed E-state index contributed by atoms with van der Waals surface area (Å²) in [7, 11) is 0. The monoisotopic (exact) mass is 221 g/mol. The molecule has 3 aliphatic rings. The molecular weight excluding hydrogens is 206 g/mol. The van der Waals surface area contributed by atoms with E-state index in [-0.39, 0.29) is 29.9 Å². The molecule has 86 valence electrons. The topological polar surface area (TPSA) is 46.6 Å². The SMILES string of the molecule is O=C1O[C@@H]2C[C@H]1N(C(=O)[C@@H]1CC=CCC1)C2. The van der Waals surface area contributed by atoms with Crippen LogP contribution in [0, 0.1) is 5.92 Å². The summed E-state index contributed by atoms with van der Waals surface area (Å²) in [5, 5.41) is 0. The first kappa shape index (κ1) is 9.87. The third-order valence-electron chi connectivity index (χ3n) is 3.72. The van der Waals surface area contributed by atoms with Gasteiger partial charge in [0.05, 0.1) is 6.54 Å². The van der Waals surface area contributed by atoms with Gasteiger partial charge in [0.1, 0.15) is 12.1 Å². The van der Waals surface area contributed by atoms with Crippen molar-refractivity contribution in [1.82, 2.24) is 4.90 Å². The van der Waals surface area contributed by atoms with E-state index < -0.39 is 0 Å². The number of allylic oxidation sites excluding steroid dienone is 2. The lowest BCUT2D eigenvalue weighted by molar-refractivity contribution is -0.158. The lowest BCUT2D eigenvalue weighted by Crippen LogP contribution is -2.46. The van der Waals surface area contributed by atoms with E-state index in [1.165, 1.54) is 0 Å². The van der Waals surface area contributed by atoms with E-state index in [1.807, 2.05) is 0 Å². The van der Waals surface area contributed by atoms with Crippen LogP contribution in [0.15, 0.2) is 12.2 Å². The number of esters is 1. The summed E-state index contributed by atoms with van der Waals surface area (Å²) in [4.78, 5) is 25.4. The Morgan fingerprint density at radius 1 is 1.44 bits per heavy atom. The zero-order chi connectivity index (χ0) is 11.1. The largest absolute Gasteiger partial charge is 0.459 e. The molecule has 2 saturated heterocycles. The van der Waals surface area contributed by atoms with E-state index in [2.05, 4.69) is 12.2 Å². The van der Waals surface area contributed by atoms with Crippen molar-refractivity contribution in [3.05, 3.63) is 12.2 Å². The molecular formula is C12H15NO3. The second-order valence-corrected chi connectivity index (χ2v) is 4.78. The molecule has 2 bridgehead atoms. The van der Waals surface area contributed by atoms with Gasteiger partial charge in [0.25, 0.3) is 0 Å². The third-order valence-corrected chi connectivity index (χ3v) is 3.72. The average Bonchev–Trinajstić information content (AvgIpc) is 2.88. The second kappa shape index (κ2) is 3.61. The first-order chi connectivity index (χ1) is 7.75. The number of nitrogens with zero attached hydrogens (tertiary/aromatic N) is 1. The van der Waals surface area contributed by atoms with Crippen molar-refractivity contribution >= 4 is 11.9 Å². The fourth-order valence-corrected chi connectivity index (χ4v) is 2.85. The Hall–Kier alpha value is -1.32. The van der Waals surface area contributed by atoms with Crippen molar-refractivity contribution in [3.8, 4) is 0 Å². The molecule has 3 rings (SSSR count). The average molecular weight is 221 g/mol. The minimum atomic E-state index is -0.289. The molecule has 0 aromatic heterocycles. The van der Waals surface area contributed by atoms with Gasteiger partial charge in [-0.1, -0.05) is 12.2 Å². The molecule has 0 saturated carbocycles. The Bertz CT molecular complexity index is 363. The predicted molar refractivity (Wildman–Crippen MR) is 56.5 cm³/mol. The summed E-state index contributed by atoms with van der Waals surface area (Å²) in [6.45, 7) is 0.607. The fourth-order valence-electron chi connectivity index (χ4n) is 2.85. The van der Waals surface area contributed by atoms with Crippen molar-refractivity contribution in [2.24, 2.45) is 5.92 Å². The van der Waals surface area contributed by atoms with E-state index in [9.17, 15) is 9.59 Å². The lowest BCUT2D eigenvalue weighted by Gasteiger charge is -2.29. The van der Waals surface area contributed by atoms with E-state index >= 15 is 0 Å². The van der Waals surface area contributed by atoms with Crippen LogP contribution in [0.3, 0.4) is 0 Å². The molecule has 0 aromatic rings. The molecule has 4 heteroatoms. The molecule has 16 heavy (non-hydrogen) atoms. The van der Waals surface area contributed by atoms with Gasteiger partial charge in [-0.25, -0.2) is 4.79 Å². The maximum absolute atomic E-state index is 12.2. The van der Waals surface area contributed by atoms with E-state index in [0.29, 0.717) is 13.0 Å². The van der Waals surface area contributed by atoms with Crippen molar-refractivity contribution in [2.75, 3.05) is 6.54 Å². The standard InChI is InChI=1S/C12H15NO3/c14-11(8-4-2-1-3-5-8)13-7-9-6-10(13)12(15)16-9/h1-2,8-10H,3-7H2/t8-,9-,10-/m1/s1. The van der Waals surface area contributed by atoms with Gasteiger partial charge in [0.15, 0.2) is 0 Å². The Kier molecular flexibility index (Phi) is 2.23. The Morgan fingerprint density at radius 2 is 2.31 bits per heavy atom. The van der Waals surface area contributed by atoms with Crippen LogP contribution in [0.2, 0.25) is 0 Å². The van der Waals surface area contributed by atoms with Crippen LogP contribution in [-0.4, -0.2) is 35.5 Å². The van der Waals surface area contributed by atoms with Gasteiger partial charge in [-0.3, -0.25) is 4.79 Å². The van der Waals surface area contributed by atoms with Crippen LogP contribution in [0.4, 0.5) is 0 Å². The van der Waals surface area contributed by atoms with Gasteiger partial charge >= 0.3 is 5.97 Å². The van der Waals surface area contributed by atoms with Crippen molar-refractivity contribution < 1.29 is 14.3 Å². The molecule has 0 spiro atoms. The summed E-state index contributed by atoms with van der Waals surface area (Å²) in [6.07, 6.45) is 7.56. The van der Waals surface area contributed by atoms with Crippen LogP contribution in [0.25, 0.3) is 0 Å². The summed E-state index contributed by atoms with van der Waals surface area (Å²) < 4.78 is 5.08. The molecule has 1 aliphatic carbocycles. The number of carbonyl (C=O) groups is 2. The normalized spacial score (nSPS) is 36.6. The van der Waals surface area contributed by atoms with Gasteiger partial charge in [0, 0.05) is 12.3 Å². The molecule has 1 amide bonds. The zero-order valence-corrected chi connectivity index (χ0v) is 9.09. The third kappa shape index (κ3) is 1.44. The minimum absolute atomic E-state index is 0.0411. The highest BCUT2D eigenvalue weighted by Crippen LogP contribution is 2.32. The molecule has 4 nitrogen and oxygen atoms in total. The number of ether oxygens (including phenoxy) is 1. The van der Waals surface area contributed by atoms with Crippen molar-refractivity contribution in [3.63, 3.8) is 0 Å². The highest BCUT2D eigenvalue weighted by atomic mass is 16.6. The highest BCUT2D eigenvalue weighted by molar-refractivity contribution is 5.88. The van der Waals surface area contributed by atoms with Crippen LogP contribution in [-0.2, 0) is 14.3 Å². The highest BCUT2D eigenvalue weighted by Gasteiger charge is 2.49. The van der Waals surface area contributed by atoms with Gasteiger partial charge in [-0.2, -0.15) is 0 Å². The van der Waals surface area contributed by atoms with Crippen LogP contribution in [0.1, 0.15) is 25.7 Å². The van der Waals surface area contributed by atoms with E-state index in [4.69, 9.17) is 4.74 Å². The number of hydrogen-bond donors (Lipinski definition) is 0. The second-order valence-electron chi connectivity index (χ2n) is 4.78. The summed E-state index contributed by atoms with van der Waals surface area (Å²) >= 11 is 0. The van der Waals surface area contributed by atoms with E-state index in [0.717, 1.165) is 19.3 Å². The first-order valence-electron chi connectivity index (χ1n) is 5.91.